The summed E-state index contributed by atoms with van der Waals surface area (Å²) in [5.41, 5.74) is 0. The fourth-order valence-electron chi connectivity index (χ4n) is 5.41. The minimum atomic E-state index is 0.722. The molecule has 4 atom stereocenters. The van der Waals surface area contributed by atoms with Crippen LogP contribution in [-0.4, -0.2) is 0 Å². The Morgan fingerprint density at radius 3 is 0.892 bits per heavy atom. The largest absolute Gasteiger partial charge is 0.0888 e. The van der Waals surface area contributed by atoms with Gasteiger partial charge < -0.3 is 0 Å². The molecule has 0 amide bonds. The Morgan fingerprint density at radius 1 is 0.354 bits per heavy atom. The van der Waals surface area contributed by atoms with Crippen molar-refractivity contribution >= 4 is 75.7 Å². The van der Waals surface area contributed by atoms with Crippen LogP contribution in [-0.2, 0) is 75.7 Å². The lowest BCUT2D eigenvalue weighted by molar-refractivity contribution is 0.390. The molecule has 0 aliphatic carbocycles. The van der Waals surface area contributed by atoms with E-state index in [0.29, 0.717) is 0 Å². The van der Waals surface area contributed by atoms with Crippen LogP contribution in [0.5, 0.6) is 0 Å². The Hall–Kier alpha value is -0.0600. The van der Waals surface area contributed by atoms with Gasteiger partial charge in [0, 0.05) is 75.7 Å². The van der Waals surface area contributed by atoms with Gasteiger partial charge in [0.25, 0.3) is 0 Å². The van der Waals surface area contributed by atoms with Crippen LogP contribution in [0.4, 0.5) is 0 Å². The van der Waals surface area contributed by atoms with Crippen LogP contribution in [0.1, 0.15) is 254 Å². The van der Waals surface area contributed by atoms with Crippen molar-refractivity contribution in [3.63, 3.8) is 0 Å². The van der Waals surface area contributed by atoms with E-state index >= 15 is 0 Å². The van der Waals surface area contributed by atoms with Gasteiger partial charge >= 0.3 is 0 Å². The maximum Gasteiger partial charge on any atom is 0 e. The zero-order chi connectivity index (χ0) is 51.5. The lowest BCUT2D eigenvalue weighted by atomic mass is 9.90. The normalized spacial score (nSPS) is 12.4. The molecule has 65 heavy (non-hydrogen) atoms. The molecule has 390 valence electrons. The summed E-state index contributed by atoms with van der Waals surface area (Å²) >= 11 is 9.21. The Morgan fingerprint density at radius 2 is 0.662 bits per heavy atom. The average Bonchev–Trinajstić information content (AvgIpc) is 3.31. The quantitative estimate of drug-likeness (QED) is 0.0884. The molecule has 0 aromatic heterocycles. The predicted octanol–water partition coefficient (Wildman–Crippen LogP) is 21.7. The van der Waals surface area contributed by atoms with Crippen molar-refractivity contribution in [3.05, 3.63) is 85.1 Å². The molecule has 0 nitrogen and oxygen atoms in total. The molecule has 0 radical (unpaired) electrons. The summed E-state index contributed by atoms with van der Waals surface area (Å²) in [5.74, 6) is 4.11. The van der Waals surface area contributed by atoms with Gasteiger partial charge in [-0.15, -0.1) is 0 Å². The molecule has 0 bridgehead atoms. The van der Waals surface area contributed by atoms with Crippen LogP contribution in [0.15, 0.2) is 85.1 Å². The van der Waals surface area contributed by atoms with Gasteiger partial charge in [-0.1, -0.05) is 255 Å². The summed E-state index contributed by atoms with van der Waals surface area (Å²) in [6.45, 7) is 42.0. The van der Waals surface area contributed by atoms with E-state index in [4.69, 9.17) is 0 Å². The molecule has 4 unspecified atom stereocenters. The molecule has 0 aliphatic rings. The van der Waals surface area contributed by atoms with Crippen LogP contribution in [0.3, 0.4) is 0 Å². The van der Waals surface area contributed by atoms with Gasteiger partial charge in [-0.2, -0.15) is 0 Å². The van der Waals surface area contributed by atoms with Crippen molar-refractivity contribution < 1.29 is 0 Å². The monoisotopic (exact) mass is 1050 g/mol. The molecule has 0 saturated heterocycles. The third-order valence-electron chi connectivity index (χ3n) is 8.65. The van der Waals surface area contributed by atoms with Crippen LogP contribution >= 0.6 is 0 Å². The van der Waals surface area contributed by atoms with Crippen LogP contribution in [0.25, 0.3) is 0 Å². The fraction of sp³-hybridized carbons (Fsp3) is 0.754. The lowest BCUT2D eigenvalue weighted by Gasteiger charge is -2.16. The molecule has 0 aromatic rings. The molecular weight excluding hydrogens is 941 g/mol. The van der Waals surface area contributed by atoms with Gasteiger partial charge in [0.05, 0.1) is 0 Å². The lowest BCUT2D eigenvalue weighted by Crippen LogP contribution is -2.03. The van der Waals surface area contributed by atoms with Crippen molar-refractivity contribution in [3.8, 4) is 0 Å². The van der Waals surface area contributed by atoms with E-state index in [1.54, 1.807) is 35.5 Å². The second-order valence-electron chi connectivity index (χ2n) is 16.0. The molecule has 0 N–H and O–H groups in total. The smallest absolute Gasteiger partial charge is 0 e. The Labute approximate surface area is 440 Å². The van der Waals surface area contributed by atoms with Crippen molar-refractivity contribution in [2.75, 3.05) is 0 Å². The van der Waals surface area contributed by atoms with Gasteiger partial charge in [0.1, 0.15) is 0 Å². The molecule has 0 aliphatic heterocycles. The maximum atomic E-state index is 4.60. The zero-order valence-corrected chi connectivity index (χ0v) is 53.2. The molecule has 8 heteroatoms. The number of allylic oxidation sites excluding steroid dienone is 14. The van der Waals surface area contributed by atoms with E-state index < -0.39 is 0 Å². The van der Waals surface area contributed by atoms with Gasteiger partial charge in [-0.25, -0.2) is 0 Å². The summed E-state index contributed by atoms with van der Waals surface area (Å²) < 4.78 is 0. The first kappa shape index (κ1) is 81.9. The van der Waals surface area contributed by atoms with Gasteiger partial charge in [0.2, 0.25) is 0 Å². The van der Waals surface area contributed by atoms with Crippen molar-refractivity contribution in [1.29, 1.82) is 0 Å². The van der Waals surface area contributed by atoms with Gasteiger partial charge in [-0.3, -0.25) is 0 Å². The summed E-state index contributed by atoms with van der Waals surface area (Å²) in [6.07, 6.45) is 55.0. The highest BCUT2D eigenvalue weighted by Crippen LogP contribution is 2.21. The van der Waals surface area contributed by atoms with E-state index in [9.17, 15) is 0 Å². The summed E-state index contributed by atoms with van der Waals surface area (Å²) in [5, 5.41) is 0. The standard InChI is InChI=1S/2C13H26.C7H14.4C6H12.S8/c1-5-7-9-12(3)11-13(4)10-8-6-2;1-5-8-10-12(4)11-13(7-3)9-6-2;1-4-5-6-7(2)3;4*1-3-5-6-4-2;1-3-5-7-8-6-4-2/h7,9,12-13H,5-6,8,10-11H2,1-4H3;8,10,12-13H,5-7,9,11H2,1-4H3;5-7H,4H2,1-3H3;4*5-6H,3-4H2,1-2H3;. The summed E-state index contributed by atoms with van der Waals surface area (Å²) in [4.78, 5) is 0. The minimum absolute atomic E-state index is 0.722. The molecule has 0 aromatic carbocycles. The first-order valence-corrected chi connectivity index (χ1v) is 35.5. The second-order valence-corrected chi connectivity index (χ2v) is 26.7. The first-order chi connectivity index (χ1) is 31.3. The Kier molecular flexibility index (Phi) is 110. The van der Waals surface area contributed by atoms with E-state index in [1.165, 1.54) is 133 Å². The maximum absolute atomic E-state index is 4.60. The van der Waals surface area contributed by atoms with Crippen molar-refractivity contribution in [1.82, 2.24) is 0 Å². The van der Waals surface area contributed by atoms with E-state index in [2.05, 4.69) is 239 Å². The third kappa shape index (κ3) is 116. The number of rotatable bonds is 24. The molecule has 0 heterocycles. The number of unbranched alkanes of at least 4 members (excludes halogenated alkanes) is 1. The first-order valence-electron chi connectivity index (χ1n) is 26.1. The van der Waals surface area contributed by atoms with Gasteiger partial charge in [0.15, 0.2) is 0 Å². The second kappa shape index (κ2) is 87.1. The molecule has 0 rings (SSSR count). The highest BCUT2D eigenvalue weighted by atomic mass is 33.4. The fourth-order valence-corrected chi connectivity index (χ4v) is 16.4. The Balaban J connectivity index is -0.0000000975. The Bertz CT molecular complexity index is 1180. The summed E-state index contributed by atoms with van der Waals surface area (Å²) in [6, 6.07) is 0. The zero-order valence-electron chi connectivity index (χ0n) is 46.7. The predicted molar refractivity (Wildman–Crippen MR) is 336 cm³/mol. The van der Waals surface area contributed by atoms with E-state index in [1.807, 2.05) is 0 Å². The topological polar surface area (TPSA) is 0 Å². The number of hydrogen-bond acceptors (Lipinski definition) is 2. The number of hydrogen-bond donors (Lipinski definition) is 0. The highest BCUT2D eigenvalue weighted by molar-refractivity contribution is 8.70. The average molecular weight is 1060 g/mol. The summed E-state index contributed by atoms with van der Waals surface area (Å²) in [7, 11) is 9.12. The van der Waals surface area contributed by atoms with Crippen LogP contribution in [0, 0.1) is 29.6 Å². The molecule has 0 saturated carbocycles. The minimum Gasteiger partial charge on any atom is -0.0888 e. The van der Waals surface area contributed by atoms with Gasteiger partial charge in [-0.05, 0) is 113 Å². The van der Waals surface area contributed by atoms with E-state index in [-0.39, 0.29) is 0 Å². The highest BCUT2D eigenvalue weighted by Gasteiger charge is 2.08. The molecule has 0 spiro atoms. The third-order valence-corrected chi connectivity index (χ3v) is 19.8. The molecular formula is C57H114S8. The van der Waals surface area contributed by atoms with Crippen LogP contribution in [0.2, 0.25) is 0 Å². The van der Waals surface area contributed by atoms with E-state index in [0.717, 1.165) is 36.0 Å². The van der Waals surface area contributed by atoms with Crippen molar-refractivity contribution in [2.45, 2.75) is 254 Å². The molecule has 0 fully saturated rings. The van der Waals surface area contributed by atoms with Crippen molar-refractivity contribution in [2.24, 2.45) is 29.6 Å². The SMILES string of the molecule is CCC=CC(C)C.CCC=CC(C)CC(C)CCCC.CCC=CC(C)CC(CC)CCC.CCC=CCC.CCC=CCC.CCC=CCC.CCC=CCC.S=S=S=S=S=S=S=S. The van der Waals surface area contributed by atoms with Crippen LogP contribution < -0.4 is 0 Å².